The Morgan fingerprint density at radius 2 is 2.05 bits per heavy atom. The molecule has 0 aliphatic heterocycles. The predicted molar refractivity (Wildman–Crippen MR) is 81.4 cm³/mol. The van der Waals surface area contributed by atoms with Crippen LogP contribution in [0.2, 0.25) is 0 Å². The lowest BCUT2D eigenvalue weighted by Gasteiger charge is -2.19. The summed E-state index contributed by atoms with van der Waals surface area (Å²) in [5.41, 5.74) is 3.56. The van der Waals surface area contributed by atoms with Crippen molar-refractivity contribution in [3.63, 3.8) is 0 Å². The summed E-state index contributed by atoms with van der Waals surface area (Å²) in [5.74, 6) is 0. The zero-order valence-electron chi connectivity index (χ0n) is 11.5. The fourth-order valence-corrected chi connectivity index (χ4v) is 2.89. The van der Waals surface area contributed by atoms with E-state index < -0.39 is 0 Å². The molecule has 0 saturated carbocycles. The summed E-state index contributed by atoms with van der Waals surface area (Å²) in [7, 11) is 2.10. The van der Waals surface area contributed by atoms with Crippen molar-refractivity contribution in [3.8, 4) is 0 Å². The molecule has 0 spiro atoms. The molecule has 19 heavy (non-hydrogen) atoms. The summed E-state index contributed by atoms with van der Waals surface area (Å²) in [6.45, 7) is 3.89. The average molecular weight is 275 g/mol. The molecule has 1 aromatic carbocycles. The topological polar surface area (TPSA) is 23.5 Å². The first-order valence-electron chi connectivity index (χ1n) is 6.60. The molecule has 3 heteroatoms. The Kier molecular flexibility index (Phi) is 5.14. The van der Waals surface area contributed by atoms with Crippen LogP contribution in [0.1, 0.15) is 29.2 Å². The lowest BCUT2D eigenvalue weighted by atomic mass is 10.0. The van der Waals surface area contributed by atoms with E-state index >= 15 is 0 Å². The van der Waals surface area contributed by atoms with E-state index in [1.54, 1.807) is 11.3 Å². The fraction of sp³-hybridized carbons (Fsp3) is 0.375. The van der Waals surface area contributed by atoms with Gasteiger partial charge in [0.2, 0.25) is 0 Å². The van der Waals surface area contributed by atoms with Crippen LogP contribution >= 0.6 is 11.3 Å². The molecule has 2 nitrogen and oxygen atoms in total. The minimum absolute atomic E-state index is 0.369. The lowest BCUT2D eigenvalue weighted by Crippen LogP contribution is -2.20. The van der Waals surface area contributed by atoms with Gasteiger partial charge >= 0.3 is 0 Å². The van der Waals surface area contributed by atoms with Gasteiger partial charge in [-0.2, -0.15) is 11.3 Å². The van der Waals surface area contributed by atoms with Crippen molar-refractivity contribution in [3.05, 3.63) is 57.8 Å². The van der Waals surface area contributed by atoms with Crippen LogP contribution in [-0.4, -0.2) is 23.6 Å². The van der Waals surface area contributed by atoms with Gasteiger partial charge in [0.05, 0.1) is 6.10 Å². The van der Waals surface area contributed by atoms with Crippen molar-refractivity contribution >= 4 is 11.3 Å². The first-order valence-corrected chi connectivity index (χ1v) is 7.54. The van der Waals surface area contributed by atoms with Gasteiger partial charge in [0.25, 0.3) is 0 Å². The van der Waals surface area contributed by atoms with Crippen molar-refractivity contribution < 1.29 is 5.11 Å². The molecule has 2 rings (SSSR count). The Bertz CT molecular complexity index is 495. The van der Waals surface area contributed by atoms with Gasteiger partial charge in [0.1, 0.15) is 0 Å². The summed E-state index contributed by atoms with van der Waals surface area (Å²) in [4.78, 5) is 2.25. The summed E-state index contributed by atoms with van der Waals surface area (Å²) < 4.78 is 0. The van der Waals surface area contributed by atoms with Crippen LogP contribution < -0.4 is 0 Å². The van der Waals surface area contributed by atoms with Gasteiger partial charge in [0.15, 0.2) is 0 Å². The van der Waals surface area contributed by atoms with Crippen LogP contribution in [0, 0.1) is 6.92 Å². The van der Waals surface area contributed by atoms with E-state index in [1.807, 2.05) is 31.2 Å². The third kappa shape index (κ3) is 4.16. The quantitative estimate of drug-likeness (QED) is 0.870. The first-order chi connectivity index (χ1) is 9.16. The molecule has 1 N–H and O–H groups in total. The fourth-order valence-electron chi connectivity index (χ4n) is 2.23. The molecule has 102 valence electrons. The largest absolute Gasteiger partial charge is 0.388 e. The molecule has 0 aliphatic rings. The van der Waals surface area contributed by atoms with Crippen LogP contribution in [0.4, 0.5) is 0 Å². The van der Waals surface area contributed by atoms with E-state index in [2.05, 4.69) is 28.8 Å². The molecule has 1 heterocycles. The molecule has 0 bridgehead atoms. The standard InChI is InChI=1S/C16H21NOS/c1-13-5-3-4-6-15(13)16(18)7-9-17(2)11-14-8-10-19-12-14/h3-6,8,10,12,16,18H,7,9,11H2,1-2H3. The maximum Gasteiger partial charge on any atom is 0.0804 e. The monoisotopic (exact) mass is 275 g/mol. The number of rotatable bonds is 6. The molecule has 1 unspecified atom stereocenters. The second kappa shape index (κ2) is 6.85. The summed E-state index contributed by atoms with van der Waals surface area (Å²) in [5, 5.41) is 14.5. The Balaban J connectivity index is 1.83. The third-order valence-electron chi connectivity index (χ3n) is 3.36. The Hall–Kier alpha value is -1.16. The van der Waals surface area contributed by atoms with Crippen LogP contribution in [0.25, 0.3) is 0 Å². The van der Waals surface area contributed by atoms with E-state index in [4.69, 9.17) is 0 Å². The van der Waals surface area contributed by atoms with Crippen LogP contribution in [0.3, 0.4) is 0 Å². The highest BCUT2D eigenvalue weighted by molar-refractivity contribution is 7.07. The highest BCUT2D eigenvalue weighted by Gasteiger charge is 2.11. The summed E-state index contributed by atoms with van der Waals surface area (Å²) in [6.07, 6.45) is 0.400. The Labute approximate surface area is 119 Å². The van der Waals surface area contributed by atoms with Crippen molar-refractivity contribution in [2.45, 2.75) is 26.0 Å². The Morgan fingerprint density at radius 3 is 2.74 bits per heavy atom. The maximum atomic E-state index is 10.3. The highest BCUT2D eigenvalue weighted by Crippen LogP contribution is 2.20. The molecule has 0 amide bonds. The molecular formula is C16H21NOS. The van der Waals surface area contributed by atoms with Gasteiger partial charge in [-0.15, -0.1) is 0 Å². The van der Waals surface area contributed by atoms with E-state index in [-0.39, 0.29) is 6.10 Å². The van der Waals surface area contributed by atoms with Crippen LogP contribution in [0.5, 0.6) is 0 Å². The average Bonchev–Trinajstić information content (AvgIpc) is 2.89. The zero-order chi connectivity index (χ0) is 13.7. The molecule has 0 saturated heterocycles. The highest BCUT2D eigenvalue weighted by atomic mass is 32.1. The molecule has 1 atom stereocenters. The molecule has 2 aromatic rings. The van der Waals surface area contributed by atoms with Gasteiger partial charge in [-0.1, -0.05) is 24.3 Å². The number of hydrogen-bond donors (Lipinski definition) is 1. The predicted octanol–water partition coefficient (Wildman–Crippen LogP) is 3.61. The maximum absolute atomic E-state index is 10.3. The van der Waals surface area contributed by atoms with Crippen LogP contribution in [-0.2, 0) is 6.54 Å². The molecular weight excluding hydrogens is 254 g/mol. The summed E-state index contributed by atoms with van der Waals surface area (Å²) in [6, 6.07) is 10.2. The zero-order valence-corrected chi connectivity index (χ0v) is 12.4. The SMILES string of the molecule is Cc1ccccc1C(O)CCN(C)Cc1ccsc1. The van der Waals surface area contributed by atoms with Crippen LogP contribution in [0.15, 0.2) is 41.1 Å². The van der Waals surface area contributed by atoms with Gasteiger partial charge in [0, 0.05) is 13.1 Å². The molecule has 0 aliphatic carbocycles. The number of aliphatic hydroxyl groups excluding tert-OH is 1. The minimum Gasteiger partial charge on any atom is -0.388 e. The van der Waals surface area contributed by atoms with Crippen molar-refractivity contribution in [2.75, 3.05) is 13.6 Å². The molecule has 1 aromatic heterocycles. The third-order valence-corrected chi connectivity index (χ3v) is 4.10. The Morgan fingerprint density at radius 1 is 1.26 bits per heavy atom. The van der Waals surface area contributed by atoms with Crippen molar-refractivity contribution in [2.24, 2.45) is 0 Å². The van der Waals surface area contributed by atoms with Gasteiger partial charge < -0.3 is 10.0 Å². The van der Waals surface area contributed by atoms with E-state index in [0.29, 0.717) is 0 Å². The minimum atomic E-state index is -0.369. The smallest absolute Gasteiger partial charge is 0.0804 e. The molecule has 0 fully saturated rings. The van der Waals surface area contributed by atoms with E-state index in [1.165, 1.54) is 5.56 Å². The second-order valence-corrected chi connectivity index (χ2v) is 5.81. The van der Waals surface area contributed by atoms with Crippen molar-refractivity contribution in [1.29, 1.82) is 0 Å². The second-order valence-electron chi connectivity index (χ2n) is 5.03. The lowest BCUT2D eigenvalue weighted by molar-refractivity contribution is 0.147. The number of aliphatic hydroxyl groups is 1. The summed E-state index contributed by atoms with van der Waals surface area (Å²) >= 11 is 1.73. The number of thiophene rings is 1. The normalized spacial score (nSPS) is 12.8. The number of aryl methyl sites for hydroxylation is 1. The number of hydrogen-bond acceptors (Lipinski definition) is 3. The van der Waals surface area contributed by atoms with E-state index in [9.17, 15) is 5.11 Å². The number of benzene rings is 1. The number of nitrogens with zero attached hydrogens (tertiary/aromatic N) is 1. The van der Waals surface area contributed by atoms with Gasteiger partial charge in [-0.25, -0.2) is 0 Å². The van der Waals surface area contributed by atoms with Gasteiger partial charge in [-0.05, 0) is 53.9 Å². The molecule has 0 radical (unpaired) electrons. The van der Waals surface area contributed by atoms with Crippen molar-refractivity contribution in [1.82, 2.24) is 4.90 Å². The van der Waals surface area contributed by atoms with E-state index in [0.717, 1.165) is 30.6 Å². The van der Waals surface area contributed by atoms with Gasteiger partial charge in [-0.3, -0.25) is 0 Å². The first kappa shape index (κ1) is 14.3.